The van der Waals surface area contributed by atoms with Crippen molar-refractivity contribution >= 4 is 28.4 Å². The first-order valence-electron chi connectivity index (χ1n) is 11.4. The van der Waals surface area contributed by atoms with Gasteiger partial charge in [0.25, 0.3) is 0 Å². The summed E-state index contributed by atoms with van der Waals surface area (Å²) in [7, 11) is 0. The van der Waals surface area contributed by atoms with Crippen LogP contribution in [0.25, 0.3) is 22.4 Å². The fraction of sp³-hybridized carbons (Fsp3) is 0.167. The SMILES string of the molecule is CC.O=C(O)CC/C(=C\c1cccc(OCc2ccc3ccccc3c2)c1)c1ccccc1. The molecule has 0 aromatic heterocycles. The van der Waals surface area contributed by atoms with Crippen molar-refractivity contribution in [3.05, 3.63) is 114 Å². The summed E-state index contributed by atoms with van der Waals surface area (Å²) in [6.45, 7) is 4.49. The van der Waals surface area contributed by atoms with Gasteiger partial charge in [-0.25, -0.2) is 0 Å². The maximum absolute atomic E-state index is 11.1. The van der Waals surface area contributed by atoms with E-state index < -0.39 is 5.97 Å². The van der Waals surface area contributed by atoms with E-state index in [9.17, 15) is 4.79 Å². The Morgan fingerprint density at radius 3 is 2.27 bits per heavy atom. The third kappa shape index (κ3) is 7.08. The predicted molar refractivity (Wildman–Crippen MR) is 137 cm³/mol. The lowest BCUT2D eigenvalue weighted by Gasteiger charge is -2.10. The van der Waals surface area contributed by atoms with E-state index in [0.717, 1.165) is 28.0 Å². The predicted octanol–water partition coefficient (Wildman–Crippen LogP) is 7.85. The summed E-state index contributed by atoms with van der Waals surface area (Å²) in [6.07, 6.45) is 2.61. The van der Waals surface area contributed by atoms with Crippen LogP contribution in [0.5, 0.6) is 5.75 Å². The normalized spacial score (nSPS) is 10.9. The molecule has 0 fully saturated rings. The van der Waals surface area contributed by atoms with Gasteiger partial charge in [0, 0.05) is 6.42 Å². The molecule has 1 N–H and O–H groups in total. The van der Waals surface area contributed by atoms with Crippen LogP contribution in [0.15, 0.2) is 97.1 Å². The van der Waals surface area contributed by atoms with Crippen molar-refractivity contribution in [2.45, 2.75) is 33.3 Å². The number of ether oxygens (including phenoxy) is 1. The highest BCUT2D eigenvalue weighted by Gasteiger charge is 2.06. The molecule has 4 aromatic rings. The summed E-state index contributed by atoms with van der Waals surface area (Å²) in [4.78, 5) is 11.1. The number of allylic oxidation sites excluding steroid dienone is 1. The molecule has 4 aromatic carbocycles. The van der Waals surface area contributed by atoms with Gasteiger partial charge in [-0.2, -0.15) is 0 Å². The zero-order valence-electron chi connectivity index (χ0n) is 19.2. The maximum Gasteiger partial charge on any atom is 0.303 e. The summed E-state index contributed by atoms with van der Waals surface area (Å²) in [5, 5.41) is 11.5. The number of carbonyl (C=O) groups is 1. The van der Waals surface area contributed by atoms with Gasteiger partial charge in [0.05, 0.1) is 0 Å². The standard InChI is InChI=1S/C28H24O3.C2H6/c29-28(30)16-15-26(23-8-2-1-3-9-23)17-21-7-6-12-27(19-21)31-20-22-13-14-24-10-4-5-11-25(24)18-22;1-2/h1-14,17-19H,15-16,20H2,(H,29,30);1-2H3/b26-17+;. The fourth-order valence-electron chi connectivity index (χ4n) is 3.58. The van der Waals surface area contributed by atoms with Crippen LogP contribution in [0.2, 0.25) is 0 Å². The second-order valence-corrected chi connectivity index (χ2v) is 7.47. The third-order valence-electron chi connectivity index (χ3n) is 5.17. The average molecular weight is 439 g/mol. The zero-order chi connectivity index (χ0) is 23.5. The molecule has 0 bridgehead atoms. The molecular weight excluding hydrogens is 408 g/mol. The maximum atomic E-state index is 11.1. The minimum absolute atomic E-state index is 0.0961. The van der Waals surface area contributed by atoms with Crippen LogP contribution < -0.4 is 4.74 Å². The van der Waals surface area contributed by atoms with Gasteiger partial charge < -0.3 is 9.84 Å². The molecule has 3 heteroatoms. The smallest absolute Gasteiger partial charge is 0.303 e. The van der Waals surface area contributed by atoms with Gasteiger partial charge in [-0.3, -0.25) is 4.79 Å². The molecule has 0 aliphatic rings. The Bertz CT molecular complexity index is 1210. The summed E-state index contributed by atoms with van der Waals surface area (Å²) in [5.41, 5.74) is 4.13. The lowest BCUT2D eigenvalue weighted by Crippen LogP contribution is -1.96. The first-order valence-corrected chi connectivity index (χ1v) is 11.4. The molecule has 0 aliphatic heterocycles. The van der Waals surface area contributed by atoms with Crippen LogP contribution >= 0.6 is 0 Å². The largest absolute Gasteiger partial charge is 0.489 e. The molecule has 0 spiro atoms. The van der Waals surface area contributed by atoms with E-state index in [-0.39, 0.29) is 6.42 Å². The number of hydrogen-bond acceptors (Lipinski definition) is 2. The second kappa shape index (κ2) is 12.3. The van der Waals surface area contributed by atoms with Gasteiger partial charge in [-0.05, 0) is 57.7 Å². The van der Waals surface area contributed by atoms with Crippen molar-refractivity contribution in [3.8, 4) is 5.75 Å². The summed E-state index contributed by atoms with van der Waals surface area (Å²) in [6, 6.07) is 32.4. The Morgan fingerprint density at radius 2 is 1.52 bits per heavy atom. The van der Waals surface area contributed by atoms with Gasteiger partial charge in [0.1, 0.15) is 12.4 Å². The molecule has 3 nitrogen and oxygen atoms in total. The van der Waals surface area contributed by atoms with Crippen molar-refractivity contribution in [1.82, 2.24) is 0 Å². The number of fused-ring (bicyclic) bond motifs is 1. The molecule has 0 unspecified atom stereocenters. The van der Waals surface area contributed by atoms with Crippen LogP contribution in [0.3, 0.4) is 0 Å². The van der Waals surface area contributed by atoms with Crippen molar-refractivity contribution < 1.29 is 14.6 Å². The summed E-state index contributed by atoms with van der Waals surface area (Å²) >= 11 is 0. The number of carboxylic acid groups (broad SMARTS) is 1. The van der Waals surface area contributed by atoms with Crippen molar-refractivity contribution in [1.29, 1.82) is 0 Å². The fourth-order valence-corrected chi connectivity index (χ4v) is 3.58. The minimum atomic E-state index is -0.797. The Hall–Kier alpha value is -3.85. The number of rotatable bonds is 8. The van der Waals surface area contributed by atoms with Crippen LogP contribution in [-0.4, -0.2) is 11.1 Å². The first-order chi connectivity index (χ1) is 16.2. The highest BCUT2D eigenvalue weighted by Crippen LogP contribution is 2.25. The molecule has 0 heterocycles. The van der Waals surface area contributed by atoms with E-state index in [4.69, 9.17) is 9.84 Å². The molecule has 0 amide bonds. The Balaban J connectivity index is 0.00000149. The van der Waals surface area contributed by atoms with E-state index in [1.165, 1.54) is 10.8 Å². The molecule has 4 rings (SSSR count). The zero-order valence-corrected chi connectivity index (χ0v) is 19.2. The van der Waals surface area contributed by atoms with Crippen LogP contribution in [-0.2, 0) is 11.4 Å². The van der Waals surface area contributed by atoms with Crippen molar-refractivity contribution in [2.75, 3.05) is 0 Å². The van der Waals surface area contributed by atoms with Crippen molar-refractivity contribution in [2.24, 2.45) is 0 Å². The van der Waals surface area contributed by atoms with Gasteiger partial charge >= 0.3 is 5.97 Å². The Kier molecular flexibility index (Phi) is 8.84. The van der Waals surface area contributed by atoms with E-state index in [1.807, 2.05) is 86.7 Å². The van der Waals surface area contributed by atoms with Gasteiger partial charge in [0.15, 0.2) is 0 Å². The van der Waals surface area contributed by atoms with E-state index in [2.05, 4.69) is 30.3 Å². The Morgan fingerprint density at radius 1 is 0.788 bits per heavy atom. The monoisotopic (exact) mass is 438 g/mol. The molecule has 0 aliphatic carbocycles. The third-order valence-corrected chi connectivity index (χ3v) is 5.17. The molecule has 0 saturated carbocycles. The summed E-state index contributed by atoms with van der Waals surface area (Å²) < 4.78 is 6.04. The van der Waals surface area contributed by atoms with Crippen molar-refractivity contribution in [3.63, 3.8) is 0 Å². The van der Waals surface area contributed by atoms with E-state index in [0.29, 0.717) is 13.0 Å². The molecular formula is C30H30O3. The number of aliphatic carboxylic acids is 1. The second-order valence-electron chi connectivity index (χ2n) is 7.47. The Labute approximate surface area is 196 Å². The van der Waals surface area contributed by atoms with Crippen LogP contribution in [0.1, 0.15) is 43.4 Å². The van der Waals surface area contributed by atoms with Gasteiger partial charge in [-0.15, -0.1) is 0 Å². The lowest BCUT2D eigenvalue weighted by atomic mass is 9.98. The average Bonchev–Trinajstić information content (AvgIpc) is 2.87. The molecule has 0 saturated heterocycles. The van der Waals surface area contributed by atoms with Gasteiger partial charge in [0.2, 0.25) is 0 Å². The van der Waals surface area contributed by atoms with Crippen LogP contribution in [0.4, 0.5) is 0 Å². The number of benzene rings is 4. The highest BCUT2D eigenvalue weighted by molar-refractivity contribution is 5.84. The highest BCUT2D eigenvalue weighted by atomic mass is 16.5. The molecule has 168 valence electrons. The van der Waals surface area contributed by atoms with E-state index in [1.54, 1.807) is 0 Å². The lowest BCUT2D eigenvalue weighted by molar-refractivity contribution is -0.136. The molecule has 0 atom stereocenters. The molecule has 33 heavy (non-hydrogen) atoms. The number of carboxylic acids is 1. The molecule has 0 radical (unpaired) electrons. The van der Waals surface area contributed by atoms with E-state index >= 15 is 0 Å². The van der Waals surface area contributed by atoms with Crippen LogP contribution in [0, 0.1) is 0 Å². The quantitative estimate of drug-likeness (QED) is 0.285. The van der Waals surface area contributed by atoms with Gasteiger partial charge in [-0.1, -0.05) is 98.8 Å². The number of hydrogen-bond donors (Lipinski definition) is 1. The topological polar surface area (TPSA) is 46.5 Å². The summed E-state index contributed by atoms with van der Waals surface area (Å²) in [5.74, 6) is -0.0122. The minimum Gasteiger partial charge on any atom is -0.489 e. The first kappa shape index (κ1) is 23.8.